The SMILES string of the molecule is CN(C)C(=O)NC1C=C2c3cccc4[nH]c(C5CC5)c(c34)CC2N(C)C1. The van der Waals surface area contributed by atoms with Crippen molar-refractivity contribution in [1.82, 2.24) is 20.1 Å². The van der Waals surface area contributed by atoms with Crippen LogP contribution in [0.15, 0.2) is 24.3 Å². The smallest absolute Gasteiger partial charge is 0.317 e. The van der Waals surface area contributed by atoms with Gasteiger partial charge < -0.3 is 15.2 Å². The van der Waals surface area contributed by atoms with E-state index in [9.17, 15) is 4.79 Å². The normalized spacial score (nSPS) is 25.0. The standard InChI is InChI=1S/C21H26N4O/c1-24(2)21(26)22-13-9-15-14-5-4-6-17-19(14)16(10-18(15)25(3)11-13)20(23-17)12-7-8-12/h4-6,9,12-13,18,23H,7-8,10-11H2,1-3H3,(H,22,26). The molecule has 2 amide bonds. The van der Waals surface area contributed by atoms with Crippen LogP contribution < -0.4 is 5.32 Å². The number of nitrogens with zero attached hydrogens (tertiary/aromatic N) is 2. The lowest BCUT2D eigenvalue weighted by atomic mass is 9.80. The molecular weight excluding hydrogens is 324 g/mol. The number of rotatable bonds is 2. The van der Waals surface area contributed by atoms with Gasteiger partial charge in [0.25, 0.3) is 0 Å². The summed E-state index contributed by atoms with van der Waals surface area (Å²) in [5.74, 6) is 0.733. The van der Waals surface area contributed by atoms with Crippen molar-refractivity contribution in [3.8, 4) is 0 Å². The molecule has 2 N–H and O–H groups in total. The topological polar surface area (TPSA) is 51.4 Å². The van der Waals surface area contributed by atoms with E-state index in [0.717, 1.165) is 18.9 Å². The van der Waals surface area contributed by atoms with E-state index < -0.39 is 0 Å². The fourth-order valence-corrected chi connectivity index (χ4v) is 4.67. The number of H-pyrrole nitrogens is 1. The number of likely N-dealkylation sites (N-methyl/N-ethyl adjacent to an activating group) is 1. The highest BCUT2D eigenvalue weighted by atomic mass is 16.2. The molecule has 3 aliphatic rings. The van der Waals surface area contributed by atoms with E-state index in [4.69, 9.17) is 0 Å². The van der Waals surface area contributed by atoms with E-state index in [1.165, 1.54) is 46.1 Å². The third-order valence-electron chi connectivity index (χ3n) is 6.13. The van der Waals surface area contributed by atoms with Gasteiger partial charge in [0.2, 0.25) is 0 Å². The Kier molecular flexibility index (Phi) is 3.44. The van der Waals surface area contributed by atoms with Crippen LogP contribution in [0.2, 0.25) is 0 Å². The Morgan fingerprint density at radius 3 is 2.85 bits per heavy atom. The van der Waals surface area contributed by atoms with E-state index in [-0.39, 0.29) is 12.1 Å². The monoisotopic (exact) mass is 350 g/mol. The molecule has 2 aromatic rings. The first-order valence-electron chi connectivity index (χ1n) is 9.56. The zero-order valence-corrected chi connectivity index (χ0v) is 15.7. The molecule has 2 aliphatic carbocycles. The molecule has 5 rings (SSSR count). The van der Waals surface area contributed by atoms with Gasteiger partial charge in [-0.15, -0.1) is 0 Å². The average Bonchev–Trinajstić information content (AvgIpc) is 3.39. The Hall–Kier alpha value is -2.27. The van der Waals surface area contributed by atoms with Gasteiger partial charge >= 0.3 is 6.03 Å². The lowest BCUT2D eigenvalue weighted by Gasteiger charge is -2.40. The van der Waals surface area contributed by atoms with Crippen LogP contribution in [0.5, 0.6) is 0 Å². The molecule has 0 radical (unpaired) electrons. The summed E-state index contributed by atoms with van der Waals surface area (Å²) in [6.45, 7) is 0.849. The number of amides is 2. The molecule has 1 aliphatic heterocycles. The second kappa shape index (κ2) is 5.61. The Balaban J connectivity index is 1.60. The maximum Gasteiger partial charge on any atom is 0.317 e. The summed E-state index contributed by atoms with van der Waals surface area (Å²) in [5, 5.41) is 4.54. The van der Waals surface area contributed by atoms with Crippen molar-refractivity contribution in [2.75, 3.05) is 27.7 Å². The molecule has 1 fully saturated rings. The van der Waals surface area contributed by atoms with Crippen molar-refractivity contribution in [3.05, 3.63) is 41.1 Å². The van der Waals surface area contributed by atoms with Gasteiger partial charge in [-0.2, -0.15) is 0 Å². The van der Waals surface area contributed by atoms with Crippen molar-refractivity contribution in [1.29, 1.82) is 0 Å². The van der Waals surface area contributed by atoms with Crippen LogP contribution >= 0.6 is 0 Å². The summed E-state index contributed by atoms with van der Waals surface area (Å²) in [6.07, 6.45) is 5.99. The second-order valence-electron chi connectivity index (χ2n) is 8.25. The summed E-state index contributed by atoms with van der Waals surface area (Å²) in [5.41, 5.74) is 6.97. The van der Waals surface area contributed by atoms with Gasteiger partial charge in [-0.3, -0.25) is 4.90 Å². The van der Waals surface area contributed by atoms with Crippen LogP contribution in [0, 0.1) is 0 Å². The van der Waals surface area contributed by atoms with Gasteiger partial charge in [0.05, 0.1) is 6.04 Å². The molecule has 1 aromatic heterocycles. The summed E-state index contributed by atoms with van der Waals surface area (Å²) in [7, 11) is 5.75. The molecule has 2 heterocycles. The number of hydrogen-bond acceptors (Lipinski definition) is 2. The van der Waals surface area contributed by atoms with Crippen LogP contribution in [0.1, 0.15) is 35.6 Å². The minimum absolute atomic E-state index is 0.0360. The highest BCUT2D eigenvalue weighted by Gasteiger charge is 2.38. The predicted octanol–water partition coefficient (Wildman–Crippen LogP) is 2.94. The molecule has 136 valence electrons. The third kappa shape index (κ3) is 2.37. The zero-order valence-electron chi connectivity index (χ0n) is 15.7. The lowest BCUT2D eigenvalue weighted by Crippen LogP contribution is -2.51. The van der Waals surface area contributed by atoms with Gasteiger partial charge in [0.1, 0.15) is 0 Å². The molecular formula is C21H26N4O. The number of nitrogens with one attached hydrogen (secondary N) is 2. The lowest BCUT2D eigenvalue weighted by molar-refractivity contribution is 0.205. The van der Waals surface area contributed by atoms with Crippen LogP contribution in [0.4, 0.5) is 4.79 Å². The first-order valence-corrected chi connectivity index (χ1v) is 9.56. The van der Waals surface area contributed by atoms with E-state index in [2.05, 4.69) is 46.5 Å². The molecule has 1 saturated carbocycles. The highest BCUT2D eigenvalue weighted by molar-refractivity contribution is 5.99. The summed E-state index contributed by atoms with van der Waals surface area (Å²) < 4.78 is 0. The largest absolute Gasteiger partial charge is 0.358 e. The maximum absolute atomic E-state index is 12.1. The number of carbonyl (C=O) groups excluding carboxylic acids is 1. The molecule has 5 nitrogen and oxygen atoms in total. The Bertz CT molecular complexity index is 921. The van der Waals surface area contributed by atoms with Gasteiger partial charge in [-0.1, -0.05) is 18.2 Å². The van der Waals surface area contributed by atoms with Crippen LogP contribution in [0.3, 0.4) is 0 Å². The Morgan fingerprint density at radius 2 is 2.12 bits per heavy atom. The second-order valence-corrected chi connectivity index (χ2v) is 8.25. The highest BCUT2D eigenvalue weighted by Crippen LogP contribution is 2.48. The van der Waals surface area contributed by atoms with Gasteiger partial charge in [-0.05, 0) is 55.0 Å². The van der Waals surface area contributed by atoms with Gasteiger partial charge in [0.15, 0.2) is 0 Å². The first-order chi connectivity index (χ1) is 12.5. The van der Waals surface area contributed by atoms with Crippen molar-refractivity contribution in [2.24, 2.45) is 0 Å². The predicted molar refractivity (Wildman–Crippen MR) is 104 cm³/mol. The quantitative estimate of drug-likeness (QED) is 0.875. The fraction of sp³-hybridized carbons (Fsp3) is 0.476. The molecule has 0 spiro atoms. The number of carbonyl (C=O) groups is 1. The molecule has 0 saturated heterocycles. The number of urea groups is 1. The minimum atomic E-state index is -0.0360. The number of hydrogen-bond donors (Lipinski definition) is 2. The third-order valence-corrected chi connectivity index (χ3v) is 6.13. The number of fused-ring (bicyclic) bond motifs is 2. The van der Waals surface area contributed by atoms with Crippen molar-refractivity contribution < 1.29 is 4.79 Å². The molecule has 5 heteroatoms. The Morgan fingerprint density at radius 1 is 1.31 bits per heavy atom. The van der Waals surface area contributed by atoms with E-state index in [0.29, 0.717) is 6.04 Å². The summed E-state index contributed by atoms with van der Waals surface area (Å²) >= 11 is 0. The number of aromatic amines is 1. The van der Waals surface area contributed by atoms with Crippen molar-refractivity contribution in [3.63, 3.8) is 0 Å². The minimum Gasteiger partial charge on any atom is -0.358 e. The van der Waals surface area contributed by atoms with E-state index in [1.807, 2.05) is 0 Å². The molecule has 2 unspecified atom stereocenters. The zero-order chi connectivity index (χ0) is 18.0. The van der Waals surface area contributed by atoms with E-state index in [1.54, 1.807) is 19.0 Å². The molecule has 1 aromatic carbocycles. The van der Waals surface area contributed by atoms with Crippen molar-refractivity contribution >= 4 is 22.5 Å². The maximum atomic E-state index is 12.1. The van der Waals surface area contributed by atoms with Crippen molar-refractivity contribution in [2.45, 2.75) is 37.3 Å². The molecule has 2 atom stereocenters. The van der Waals surface area contributed by atoms with Crippen LogP contribution in [-0.4, -0.2) is 60.6 Å². The van der Waals surface area contributed by atoms with Gasteiger partial charge in [-0.25, -0.2) is 4.79 Å². The molecule has 0 bridgehead atoms. The van der Waals surface area contributed by atoms with Gasteiger partial charge in [0, 0.05) is 43.3 Å². The first kappa shape index (κ1) is 15.9. The molecule has 26 heavy (non-hydrogen) atoms. The number of aromatic nitrogens is 1. The van der Waals surface area contributed by atoms with Crippen LogP contribution in [0.25, 0.3) is 16.5 Å². The fourth-order valence-electron chi connectivity index (χ4n) is 4.67. The summed E-state index contributed by atoms with van der Waals surface area (Å²) in [6, 6.07) is 7.00. The van der Waals surface area contributed by atoms with Crippen LogP contribution in [-0.2, 0) is 6.42 Å². The van der Waals surface area contributed by atoms with E-state index >= 15 is 0 Å². The number of benzene rings is 1. The Labute approximate surface area is 154 Å². The summed E-state index contributed by atoms with van der Waals surface area (Å²) in [4.78, 5) is 19.8. The average molecular weight is 350 g/mol.